The van der Waals surface area contributed by atoms with Gasteiger partial charge in [0.15, 0.2) is 11.6 Å². The monoisotopic (exact) mass is 664 g/mol. The van der Waals surface area contributed by atoms with Crippen LogP contribution in [0.25, 0.3) is 22.3 Å². The van der Waals surface area contributed by atoms with Gasteiger partial charge in [0.2, 0.25) is 5.91 Å². The highest BCUT2D eigenvalue weighted by molar-refractivity contribution is 6.09. The van der Waals surface area contributed by atoms with Gasteiger partial charge in [-0.2, -0.15) is 0 Å². The number of imidazole rings is 1. The Morgan fingerprint density at radius 2 is 1.84 bits per heavy atom. The number of nitrogens with zero attached hydrogens (tertiary/aromatic N) is 7. The quantitative estimate of drug-likeness (QED) is 0.261. The molecule has 4 aliphatic heterocycles. The highest BCUT2D eigenvalue weighted by atomic mass is 19.1. The van der Waals surface area contributed by atoms with Crippen LogP contribution in [0.15, 0.2) is 49.1 Å². The van der Waals surface area contributed by atoms with Gasteiger partial charge in [-0.3, -0.25) is 19.6 Å². The first kappa shape index (κ1) is 31.1. The Bertz CT molecular complexity index is 1910. The summed E-state index contributed by atoms with van der Waals surface area (Å²) in [5, 5.41) is 3.25. The van der Waals surface area contributed by atoms with Gasteiger partial charge in [-0.1, -0.05) is 19.1 Å². The average Bonchev–Trinajstić information content (AvgIpc) is 3.74. The molecule has 3 saturated heterocycles. The molecule has 7 heterocycles. The molecule has 1 atom stereocenters. The number of anilines is 3. The predicted molar refractivity (Wildman–Crippen MR) is 188 cm³/mol. The van der Waals surface area contributed by atoms with Crippen molar-refractivity contribution in [3.63, 3.8) is 0 Å². The number of nitrogens with one attached hydrogen (secondary N) is 1. The van der Waals surface area contributed by atoms with E-state index >= 15 is 0 Å². The minimum Gasteiger partial charge on any atom is -0.378 e. The SMILES string of the molecule is CC(C)n1cnc2cc(-c3ccc4c(c3)N(C3CC(N5CC[C@@H](C)C5)C3)C(=O)C43CCN(C4COC4)CC3)nc(Nc3ccncc3F)c21. The Labute approximate surface area is 286 Å². The molecular weight excluding hydrogens is 619 g/mol. The molecule has 11 heteroatoms. The first-order valence-electron chi connectivity index (χ1n) is 18.1. The molecule has 1 amide bonds. The molecule has 4 fully saturated rings. The van der Waals surface area contributed by atoms with E-state index in [0.29, 0.717) is 23.6 Å². The molecule has 1 saturated carbocycles. The van der Waals surface area contributed by atoms with Gasteiger partial charge in [0.1, 0.15) is 5.52 Å². The molecular formula is C38H45FN8O2. The number of benzene rings is 1. The molecule has 0 radical (unpaired) electrons. The van der Waals surface area contributed by atoms with Gasteiger partial charge in [-0.15, -0.1) is 0 Å². The molecule has 10 nitrogen and oxygen atoms in total. The van der Waals surface area contributed by atoms with E-state index in [1.807, 2.05) is 12.4 Å². The van der Waals surface area contributed by atoms with E-state index < -0.39 is 11.2 Å². The second-order valence-corrected chi connectivity index (χ2v) is 15.3. The fraction of sp³-hybridized carbons (Fsp3) is 0.526. The summed E-state index contributed by atoms with van der Waals surface area (Å²) in [5.74, 6) is 1.10. The van der Waals surface area contributed by atoms with Crippen molar-refractivity contribution in [2.45, 2.75) is 82.5 Å². The van der Waals surface area contributed by atoms with Crippen LogP contribution >= 0.6 is 0 Å². The third kappa shape index (κ3) is 5.07. The van der Waals surface area contributed by atoms with E-state index in [4.69, 9.17) is 14.7 Å². The topological polar surface area (TPSA) is 91.7 Å². The van der Waals surface area contributed by atoms with Gasteiger partial charge < -0.3 is 19.5 Å². The predicted octanol–water partition coefficient (Wildman–Crippen LogP) is 5.91. The van der Waals surface area contributed by atoms with Crippen molar-refractivity contribution in [1.29, 1.82) is 0 Å². The van der Waals surface area contributed by atoms with Crippen LogP contribution in [-0.4, -0.2) is 92.7 Å². The lowest BCUT2D eigenvalue weighted by molar-refractivity contribution is -0.128. The van der Waals surface area contributed by atoms with Crippen molar-refractivity contribution >= 4 is 34.1 Å². The van der Waals surface area contributed by atoms with Crippen LogP contribution in [0.2, 0.25) is 0 Å². The molecule has 1 spiro atoms. The Morgan fingerprint density at radius 1 is 1.02 bits per heavy atom. The van der Waals surface area contributed by atoms with Gasteiger partial charge in [-0.25, -0.2) is 14.4 Å². The number of carbonyl (C=O) groups excluding carboxylic acids is 1. The summed E-state index contributed by atoms with van der Waals surface area (Å²) in [6, 6.07) is 11.5. The molecule has 1 N–H and O–H groups in total. The smallest absolute Gasteiger partial charge is 0.238 e. The lowest BCUT2D eigenvalue weighted by Crippen LogP contribution is -2.59. The van der Waals surface area contributed by atoms with Crippen LogP contribution in [0, 0.1) is 11.7 Å². The van der Waals surface area contributed by atoms with Crippen LogP contribution in [0.4, 0.5) is 21.6 Å². The zero-order valence-corrected chi connectivity index (χ0v) is 28.6. The van der Waals surface area contributed by atoms with E-state index in [1.165, 1.54) is 19.2 Å². The summed E-state index contributed by atoms with van der Waals surface area (Å²) in [5.41, 5.74) is 5.23. The lowest BCUT2D eigenvalue weighted by Gasteiger charge is -2.47. The number of pyridine rings is 2. The van der Waals surface area contributed by atoms with Crippen molar-refractivity contribution in [2.24, 2.45) is 5.92 Å². The number of carbonyl (C=O) groups is 1. The normalized spacial score (nSPS) is 25.7. The average molecular weight is 665 g/mol. The largest absolute Gasteiger partial charge is 0.378 e. The number of hydrogen-bond donors (Lipinski definition) is 1. The zero-order chi connectivity index (χ0) is 33.4. The van der Waals surface area contributed by atoms with Crippen molar-refractivity contribution in [3.8, 4) is 11.3 Å². The summed E-state index contributed by atoms with van der Waals surface area (Å²) < 4.78 is 22.4. The minimum atomic E-state index is -0.499. The van der Waals surface area contributed by atoms with Crippen LogP contribution in [0.1, 0.15) is 64.5 Å². The summed E-state index contributed by atoms with van der Waals surface area (Å²) in [6.45, 7) is 12.3. The maximum atomic E-state index is 14.8. The standard InChI is InChI=1S/C38H45FN8O2/c1-23(2)46-22-41-33-17-32(43-36(35(33)46)42-31-6-10-40-18-30(31)39)25-4-5-29-34(14-25)47(27-15-26(16-27)45-11-7-24(3)19-45)37(48)38(29)8-12-44(13-9-38)28-20-49-21-28/h4-6,10,14,17-18,22-24,26-28H,7-9,11-13,15-16,19-21H2,1-3H3,(H,40,42,43)/t24-,26?,27?/m1/s1. The van der Waals surface area contributed by atoms with Crippen molar-refractivity contribution in [2.75, 3.05) is 49.6 Å². The van der Waals surface area contributed by atoms with Gasteiger partial charge in [-0.05, 0) is 95.3 Å². The number of likely N-dealkylation sites (tertiary alicyclic amines) is 2. The Morgan fingerprint density at radius 3 is 2.53 bits per heavy atom. The zero-order valence-electron chi connectivity index (χ0n) is 28.6. The number of hydrogen-bond acceptors (Lipinski definition) is 8. The second kappa shape index (κ2) is 11.8. The number of rotatable bonds is 7. The third-order valence-corrected chi connectivity index (χ3v) is 12.0. The first-order valence-corrected chi connectivity index (χ1v) is 18.1. The van der Waals surface area contributed by atoms with Gasteiger partial charge in [0, 0.05) is 42.1 Å². The summed E-state index contributed by atoms with van der Waals surface area (Å²) in [6.07, 6.45) is 9.54. The van der Waals surface area contributed by atoms with Crippen molar-refractivity contribution in [1.82, 2.24) is 29.3 Å². The number of ether oxygens (including phenoxy) is 1. The molecule has 5 aliphatic rings. The number of piperidine rings is 1. The highest BCUT2D eigenvalue weighted by Crippen LogP contribution is 2.52. The molecule has 4 aromatic rings. The van der Waals surface area contributed by atoms with Gasteiger partial charge in [0.05, 0.1) is 54.1 Å². The lowest BCUT2D eigenvalue weighted by atomic mass is 9.73. The number of halogens is 1. The summed E-state index contributed by atoms with van der Waals surface area (Å²) >= 11 is 0. The number of aromatic nitrogens is 4. The van der Waals surface area contributed by atoms with Gasteiger partial charge >= 0.3 is 0 Å². The molecule has 1 aromatic carbocycles. The third-order valence-electron chi connectivity index (χ3n) is 12.0. The number of amides is 1. The van der Waals surface area contributed by atoms with Crippen molar-refractivity contribution in [3.05, 3.63) is 60.4 Å². The Hall–Kier alpha value is -3.93. The molecule has 49 heavy (non-hydrogen) atoms. The van der Waals surface area contributed by atoms with Crippen LogP contribution in [0.5, 0.6) is 0 Å². The Balaban J connectivity index is 1.10. The van der Waals surface area contributed by atoms with Crippen LogP contribution in [-0.2, 0) is 14.9 Å². The van der Waals surface area contributed by atoms with E-state index in [-0.39, 0.29) is 18.0 Å². The fourth-order valence-corrected chi connectivity index (χ4v) is 8.96. The maximum Gasteiger partial charge on any atom is 0.238 e. The second-order valence-electron chi connectivity index (χ2n) is 15.3. The van der Waals surface area contributed by atoms with E-state index in [0.717, 1.165) is 98.0 Å². The summed E-state index contributed by atoms with van der Waals surface area (Å²) in [7, 11) is 0. The molecule has 3 aromatic heterocycles. The van der Waals surface area contributed by atoms with E-state index in [9.17, 15) is 9.18 Å². The highest BCUT2D eigenvalue weighted by Gasteiger charge is 2.56. The van der Waals surface area contributed by atoms with Crippen LogP contribution < -0.4 is 10.2 Å². The van der Waals surface area contributed by atoms with Gasteiger partial charge in [0.25, 0.3) is 0 Å². The number of fused-ring (bicyclic) bond motifs is 3. The fourth-order valence-electron chi connectivity index (χ4n) is 8.96. The Kier molecular flexibility index (Phi) is 7.51. The van der Waals surface area contributed by atoms with Crippen molar-refractivity contribution < 1.29 is 13.9 Å². The molecule has 9 rings (SSSR count). The molecule has 1 aliphatic carbocycles. The molecule has 0 bridgehead atoms. The first-order chi connectivity index (χ1) is 23.8. The molecule has 256 valence electrons. The van der Waals surface area contributed by atoms with E-state index in [1.54, 1.807) is 12.3 Å². The maximum absolute atomic E-state index is 14.8. The van der Waals surface area contributed by atoms with Crippen LogP contribution in [0.3, 0.4) is 0 Å². The summed E-state index contributed by atoms with van der Waals surface area (Å²) in [4.78, 5) is 35.9. The molecule has 0 unspecified atom stereocenters. The minimum absolute atomic E-state index is 0.134. The van der Waals surface area contributed by atoms with E-state index in [2.05, 4.69) is 68.5 Å².